The zero-order valence-electron chi connectivity index (χ0n) is 10.5. The van der Waals surface area contributed by atoms with Crippen LogP contribution in [0.1, 0.15) is 18.9 Å². The van der Waals surface area contributed by atoms with E-state index in [1.54, 1.807) is 13.0 Å². The van der Waals surface area contributed by atoms with Gasteiger partial charge in [-0.05, 0) is 18.6 Å². The van der Waals surface area contributed by atoms with Gasteiger partial charge in [-0.3, -0.25) is 10.1 Å². The summed E-state index contributed by atoms with van der Waals surface area (Å²) < 4.78 is 4.94. The van der Waals surface area contributed by atoms with Gasteiger partial charge in [0.05, 0.1) is 12.0 Å². The first-order valence-electron chi connectivity index (χ1n) is 5.60. The number of nitrogens with zero attached hydrogens (tertiary/aromatic N) is 1. The molecule has 0 aliphatic carbocycles. The Kier molecular flexibility index (Phi) is 5.68. The number of ether oxygens (including phenoxy) is 1. The molecule has 96 valence electrons. The van der Waals surface area contributed by atoms with Gasteiger partial charge in [0.25, 0.3) is 0 Å². The van der Waals surface area contributed by atoms with Crippen LogP contribution in [-0.4, -0.2) is 18.6 Å². The number of hydrogen-bond donors (Lipinski definition) is 1. The second kappa shape index (κ2) is 7.30. The number of benzene rings is 1. The van der Waals surface area contributed by atoms with E-state index in [-0.39, 0.29) is 11.4 Å². The van der Waals surface area contributed by atoms with Crippen LogP contribution in [0.15, 0.2) is 18.2 Å². The lowest BCUT2D eigenvalue weighted by molar-refractivity contribution is -0.385. The van der Waals surface area contributed by atoms with Gasteiger partial charge in [0.2, 0.25) is 0 Å². The average Bonchev–Trinajstić information content (AvgIpc) is 2.38. The van der Waals surface area contributed by atoms with Gasteiger partial charge in [0.15, 0.2) is 5.75 Å². The normalized spacial score (nSPS) is 9.44. The van der Waals surface area contributed by atoms with E-state index in [1.807, 2.05) is 6.07 Å². The SMILES string of the molecule is CC#CCCNCc1ccc(OC)c([N+](=O)[O-])c1. The maximum atomic E-state index is 10.8. The third-order valence-electron chi connectivity index (χ3n) is 2.37. The van der Waals surface area contributed by atoms with Crippen LogP contribution in [-0.2, 0) is 6.54 Å². The summed E-state index contributed by atoms with van der Waals surface area (Å²) in [5.74, 6) is 6.03. The first-order valence-corrected chi connectivity index (χ1v) is 5.60. The van der Waals surface area contributed by atoms with Crippen LogP contribution in [0.3, 0.4) is 0 Å². The van der Waals surface area contributed by atoms with Gasteiger partial charge < -0.3 is 10.1 Å². The summed E-state index contributed by atoms with van der Waals surface area (Å²) in [6, 6.07) is 4.95. The molecule has 0 unspecified atom stereocenters. The van der Waals surface area contributed by atoms with E-state index < -0.39 is 4.92 Å². The van der Waals surface area contributed by atoms with E-state index in [4.69, 9.17) is 4.74 Å². The molecule has 18 heavy (non-hydrogen) atoms. The number of nitrogens with one attached hydrogen (secondary N) is 1. The molecule has 5 heteroatoms. The third kappa shape index (κ3) is 4.07. The van der Waals surface area contributed by atoms with E-state index >= 15 is 0 Å². The number of hydrogen-bond acceptors (Lipinski definition) is 4. The molecule has 1 aromatic rings. The van der Waals surface area contributed by atoms with E-state index in [1.165, 1.54) is 13.2 Å². The lowest BCUT2D eigenvalue weighted by Crippen LogP contribution is -2.14. The Morgan fingerprint density at radius 2 is 2.28 bits per heavy atom. The minimum Gasteiger partial charge on any atom is -0.490 e. The summed E-state index contributed by atoms with van der Waals surface area (Å²) in [5, 5.41) is 14.0. The fraction of sp³-hybridized carbons (Fsp3) is 0.385. The molecule has 1 rings (SSSR count). The van der Waals surface area contributed by atoms with Crippen molar-refractivity contribution in [2.24, 2.45) is 0 Å². The highest BCUT2D eigenvalue weighted by atomic mass is 16.6. The number of nitro groups is 1. The molecule has 0 amide bonds. The Hall–Kier alpha value is -2.06. The molecule has 0 spiro atoms. The van der Waals surface area contributed by atoms with Crippen LogP contribution in [0, 0.1) is 22.0 Å². The summed E-state index contributed by atoms with van der Waals surface area (Å²) in [6.45, 7) is 3.14. The zero-order valence-corrected chi connectivity index (χ0v) is 10.5. The highest BCUT2D eigenvalue weighted by molar-refractivity contribution is 5.48. The van der Waals surface area contributed by atoms with Crippen molar-refractivity contribution in [3.05, 3.63) is 33.9 Å². The van der Waals surface area contributed by atoms with Crippen LogP contribution in [0.25, 0.3) is 0 Å². The number of methoxy groups -OCH3 is 1. The molecular formula is C13H16N2O3. The Balaban J connectivity index is 2.63. The molecular weight excluding hydrogens is 232 g/mol. The monoisotopic (exact) mass is 248 g/mol. The molecule has 0 bridgehead atoms. The lowest BCUT2D eigenvalue weighted by atomic mass is 10.2. The predicted molar refractivity (Wildman–Crippen MR) is 69.4 cm³/mol. The van der Waals surface area contributed by atoms with Crippen LogP contribution < -0.4 is 10.1 Å². The summed E-state index contributed by atoms with van der Waals surface area (Å²) in [4.78, 5) is 10.4. The molecule has 0 radical (unpaired) electrons. The molecule has 0 saturated heterocycles. The second-order valence-electron chi connectivity index (χ2n) is 3.62. The van der Waals surface area contributed by atoms with Crippen molar-refractivity contribution >= 4 is 5.69 Å². The maximum absolute atomic E-state index is 10.8. The van der Waals surface area contributed by atoms with Gasteiger partial charge in [0.1, 0.15) is 0 Å². The second-order valence-corrected chi connectivity index (χ2v) is 3.62. The molecule has 0 heterocycles. The molecule has 0 aliphatic heterocycles. The Morgan fingerprint density at radius 1 is 1.50 bits per heavy atom. The smallest absolute Gasteiger partial charge is 0.311 e. The minimum atomic E-state index is -0.440. The molecule has 0 atom stereocenters. The van der Waals surface area contributed by atoms with Crippen LogP contribution in [0.2, 0.25) is 0 Å². The van der Waals surface area contributed by atoms with Crippen molar-refractivity contribution in [1.82, 2.24) is 5.32 Å². The van der Waals surface area contributed by atoms with Gasteiger partial charge in [-0.2, -0.15) is 0 Å². The molecule has 1 aromatic carbocycles. The summed E-state index contributed by atoms with van der Waals surface area (Å²) in [5.41, 5.74) is 0.845. The van der Waals surface area contributed by atoms with Crippen LogP contribution >= 0.6 is 0 Å². The van der Waals surface area contributed by atoms with Crippen molar-refractivity contribution in [2.75, 3.05) is 13.7 Å². The summed E-state index contributed by atoms with van der Waals surface area (Å²) in [7, 11) is 1.42. The van der Waals surface area contributed by atoms with E-state index in [2.05, 4.69) is 17.2 Å². The van der Waals surface area contributed by atoms with Crippen molar-refractivity contribution < 1.29 is 9.66 Å². The van der Waals surface area contributed by atoms with Crippen LogP contribution in [0.4, 0.5) is 5.69 Å². The fourth-order valence-electron chi connectivity index (χ4n) is 1.50. The largest absolute Gasteiger partial charge is 0.490 e. The first-order chi connectivity index (χ1) is 8.69. The van der Waals surface area contributed by atoms with E-state index in [9.17, 15) is 10.1 Å². The third-order valence-corrected chi connectivity index (χ3v) is 2.37. The van der Waals surface area contributed by atoms with Gasteiger partial charge in [-0.1, -0.05) is 6.07 Å². The van der Waals surface area contributed by atoms with Crippen molar-refractivity contribution in [3.8, 4) is 17.6 Å². The van der Waals surface area contributed by atoms with Crippen LogP contribution in [0.5, 0.6) is 5.75 Å². The molecule has 0 fully saturated rings. The quantitative estimate of drug-likeness (QED) is 0.362. The molecule has 1 N–H and O–H groups in total. The summed E-state index contributed by atoms with van der Waals surface area (Å²) in [6.07, 6.45) is 0.773. The van der Waals surface area contributed by atoms with Crippen molar-refractivity contribution in [1.29, 1.82) is 0 Å². The van der Waals surface area contributed by atoms with Gasteiger partial charge in [-0.15, -0.1) is 11.8 Å². The Labute approximate surface area is 106 Å². The lowest BCUT2D eigenvalue weighted by Gasteiger charge is -2.05. The molecule has 0 saturated carbocycles. The molecule has 0 aromatic heterocycles. The topological polar surface area (TPSA) is 64.4 Å². The standard InChI is InChI=1S/C13H16N2O3/c1-3-4-5-8-14-10-11-6-7-13(18-2)12(9-11)15(16)17/h6-7,9,14H,5,8,10H2,1-2H3. The fourth-order valence-corrected chi connectivity index (χ4v) is 1.50. The van der Waals surface area contributed by atoms with Gasteiger partial charge in [-0.25, -0.2) is 0 Å². The highest BCUT2D eigenvalue weighted by Crippen LogP contribution is 2.27. The zero-order chi connectivity index (χ0) is 13.4. The molecule has 0 aliphatic rings. The number of nitro benzene ring substituents is 1. The average molecular weight is 248 g/mol. The van der Waals surface area contributed by atoms with Gasteiger partial charge >= 0.3 is 5.69 Å². The first kappa shape index (κ1) is 14.0. The van der Waals surface area contributed by atoms with Crippen molar-refractivity contribution in [3.63, 3.8) is 0 Å². The minimum absolute atomic E-state index is 0.00912. The Morgan fingerprint density at radius 3 is 2.89 bits per heavy atom. The summed E-state index contributed by atoms with van der Waals surface area (Å²) >= 11 is 0. The van der Waals surface area contributed by atoms with Crippen molar-refractivity contribution in [2.45, 2.75) is 19.9 Å². The highest BCUT2D eigenvalue weighted by Gasteiger charge is 2.14. The Bertz CT molecular complexity index is 475. The van der Waals surface area contributed by atoms with E-state index in [0.717, 1.165) is 18.5 Å². The van der Waals surface area contributed by atoms with Gasteiger partial charge in [0, 0.05) is 25.6 Å². The maximum Gasteiger partial charge on any atom is 0.311 e. The van der Waals surface area contributed by atoms with E-state index in [0.29, 0.717) is 6.54 Å². The number of rotatable bonds is 6. The molecule has 5 nitrogen and oxygen atoms in total. The predicted octanol–water partition coefficient (Wildman–Crippen LogP) is 2.11.